The normalized spacial score (nSPS) is 10.5. The maximum absolute atomic E-state index is 11.2. The smallest absolute Gasteiger partial charge is 0.293 e. The van der Waals surface area contributed by atoms with Crippen LogP contribution < -0.4 is 9.80 Å². The Labute approximate surface area is 126 Å². The van der Waals surface area contributed by atoms with Gasteiger partial charge in [-0.1, -0.05) is 0 Å². The van der Waals surface area contributed by atoms with Crippen molar-refractivity contribution in [3.63, 3.8) is 0 Å². The molecule has 0 fully saturated rings. The number of nitrogens with zero attached hydrogens (tertiary/aromatic N) is 4. The molecule has 0 aliphatic carbocycles. The fourth-order valence-corrected chi connectivity index (χ4v) is 2.59. The summed E-state index contributed by atoms with van der Waals surface area (Å²) in [6, 6.07) is 5.88. The van der Waals surface area contributed by atoms with Gasteiger partial charge in [-0.05, 0) is 12.1 Å². The third-order valence-corrected chi connectivity index (χ3v) is 3.39. The summed E-state index contributed by atoms with van der Waals surface area (Å²) in [4.78, 5) is 24.8. The molecule has 0 radical (unpaired) electrons. The molecule has 0 saturated heterocycles. The molecule has 2 rings (SSSR count). The number of anilines is 2. The van der Waals surface area contributed by atoms with Crippen molar-refractivity contribution < 1.29 is 9.85 Å². The Morgan fingerprint density at radius 3 is 1.27 bits per heavy atom. The first kappa shape index (κ1) is 15.5. The van der Waals surface area contributed by atoms with E-state index in [1.807, 2.05) is 0 Å². The molecule has 0 N–H and O–H groups in total. The Hall–Kier alpha value is -2.90. The number of nitro benzene ring substituents is 2. The summed E-state index contributed by atoms with van der Waals surface area (Å²) in [7, 11) is 6.83. The summed E-state index contributed by atoms with van der Waals surface area (Å²) in [6.45, 7) is 0. The molecule has 0 heterocycles. The Bertz CT molecular complexity index is 706. The maximum Gasteiger partial charge on any atom is 0.293 e. The van der Waals surface area contributed by atoms with Gasteiger partial charge in [0, 0.05) is 51.1 Å². The molecule has 2 aromatic rings. The highest BCUT2D eigenvalue weighted by Gasteiger charge is 2.24. The lowest BCUT2D eigenvalue weighted by Gasteiger charge is -2.20. The van der Waals surface area contributed by atoms with Crippen LogP contribution in [0.4, 0.5) is 22.7 Å². The molecule has 0 atom stereocenters. The Morgan fingerprint density at radius 1 is 0.727 bits per heavy atom. The van der Waals surface area contributed by atoms with Gasteiger partial charge in [-0.3, -0.25) is 20.2 Å². The third-order valence-electron chi connectivity index (χ3n) is 3.39. The van der Waals surface area contributed by atoms with Gasteiger partial charge in [0.15, 0.2) is 0 Å². The molecule has 0 aliphatic rings. The number of benzene rings is 2. The van der Waals surface area contributed by atoms with Crippen molar-refractivity contribution in [1.29, 1.82) is 0 Å². The zero-order valence-electron chi connectivity index (χ0n) is 12.7. The van der Waals surface area contributed by atoms with Gasteiger partial charge < -0.3 is 9.80 Å². The summed E-state index contributed by atoms with van der Waals surface area (Å²) < 4.78 is 0. The van der Waals surface area contributed by atoms with E-state index >= 15 is 0 Å². The zero-order chi connectivity index (χ0) is 16.6. The van der Waals surface area contributed by atoms with Gasteiger partial charge in [-0.15, -0.1) is 0 Å². The first-order chi connectivity index (χ1) is 10.3. The van der Waals surface area contributed by atoms with Crippen LogP contribution in [0.2, 0.25) is 0 Å². The molecule has 116 valence electrons. The highest BCUT2D eigenvalue weighted by atomic mass is 16.6. The highest BCUT2D eigenvalue weighted by Crippen LogP contribution is 2.42. The van der Waals surface area contributed by atoms with Gasteiger partial charge in [0.2, 0.25) is 0 Å². The van der Waals surface area contributed by atoms with E-state index in [9.17, 15) is 20.2 Å². The van der Waals surface area contributed by atoms with Crippen LogP contribution in [0.15, 0.2) is 24.3 Å². The molecule has 0 aliphatic heterocycles. The number of fused-ring (bicyclic) bond motifs is 1. The molecular weight excluding hydrogens is 288 g/mol. The molecule has 0 amide bonds. The second-order valence-corrected chi connectivity index (χ2v) is 5.26. The monoisotopic (exact) mass is 304 g/mol. The van der Waals surface area contributed by atoms with Crippen LogP contribution in [0.3, 0.4) is 0 Å². The van der Waals surface area contributed by atoms with E-state index in [-0.39, 0.29) is 11.4 Å². The second-order valence-electron chi connectivity index (χ2n) is 5.26. The molecule has 8 nitrogen and oxygen atoms in total. The molecule has 0 saturated carbocycles. The van der Waals surface area contributed by atoms with E-state index in [1.165, 1.54) is 12.1 Å². The predicted octanol–water partition coefficient (Wildman–Crippen LogP) is 2.79. The maximum atomic E-state index is 11.2. The van der Waals surface area contributed by atoms with Crippen molar-refractivity contribution in [1.82, 2.24) is 0 Å². The molecule has 0 bridgehead atoms. The van der Waals surface area contributed by atoms with Crippen LogP contribution in [-0.2, 0) is 0 Å². The largest absolute Gasteiger partial charge is 0.372 e. The summed E-state index contributed by atoms with van der Waals surface area (Å²) in [5.74, 6) is 0. The van der Waals surface area contributed by atoms with E-state index in [1.54, 1.807) is 50.1 Å². The summed E-state index contributed by atoms with van der Waals surface area (Å²) >= 11 is 0. The zero-order valence-corrected chi connectivity index (χ0v) is 12.7. The van der Waals surface area contributed by atoms with Gasteiger partial charge in [-0.2, -0.15) is 0 Å². The molecule has 0 unspecified atom stereocenters. The van der Waals surface area contributed by atoms with E-state index in [4.69, 9.17) is 0 Å². The van der Waals surface area contributed by atoms with Crippen LogP contribution in [0.1, 0.15) is 0 Å². The van der Waals surface area contributed by atoms with Gasteiger partial charge >= 0.3 is 0 Å². The van der Waals surface area contributed by atoms with E-state index in [2.05, 4.69) is 0 Å². The van der Waals surface area contributed by atoms with Crippen LogP contribution >= 0.6 is 0 Å². The van der Waals surface area contributed by atoms with E-state index < -0.39 is 9.85 Å². The third kappa shape index (κ3) is 2.39. The fraction of sp³-hybridized carbons (Fsp3) is 0.286. The topological polar surface area (TPSA) is 92.8 Å². The van der Waals surface area contributed by atoms with Crippen molar-refractivity contribution in [2.75, 3.05) is 38.0 Å². The van der Waals surface area contributed by atoms with Gasteiger partial charge in [-0.25, -0.2) is 0 Å². The fourth-order valence-electron chi connectivity index (χ4n) is 2.59. The standard InChI is InChI=1S/C14H16N4O4/c1-15(2)13-9-5-8-12(18(21)22)14(16(3)4)10(9)6-7-11(13)17(19)20/h5-8H,1-4H3. The van der Waals surface area contributed by atoms with Gasteiger partial charge in [0.25, 0.3) is 11.4 Å². The first-order valence-electron chi connectivity index (χ1n) is 6.48. The predicted molar refractivity (Wildman–Crippen MR) is 85.9 cm³/mol. The average Bonchev–Trinajstić information content (AvgIpc) is 2.43. The lowest BCUT2D eigenvalue weighted by atomic mass is 10.0. The van der Waals surface area contributed by atoms with Crippen molar-refractivity contribution in [3.8, 4) is 0 Å². The summed E-state index contributed by atoms with van der Waals surface area (Å²) in [5, 5.41) is 23.7. The Morgan fingerprint density at radius 2 is 1.05 bits per heavy atom. The number of hydrogen-bond acceptors (Lipinski definition) is 6. The van der Waals surface area contributed by atoms with Crippen LogP contribution in [-0.4, -0.2) is 38.0 Å². The lowest BCUT2D eigenvalue weighted by Crippen LogP contribution is -2.14. The van der Waals surface area contributed by atoms with Crippen LogP contribution in [0.5, 0.6) is 0 Å². The lowest BCUT2D eigenvalue weighted by molar-refractivity contribution is -0.384. The number of nitro groups is 2. The Balaban J connectivity index is 2.96. The number of hydrogen-bond donors (Lipinski definition) is 0. The minimum absolute atomic E-state index is 0.0314. The Kier molecular flexibility index (Phi) is 3.85. The van der Waals surface area contributed by atoms with Crippen molar-refractivity contribution in [2.45, 2.75) is 0 Å². The number of rotatable bonds is 4. The van der Waals surface area contributed by atoms with E-state index in [0.717, 1.165) is 0 Å². The second kappa shape index (κ2) is 5.47. The molecule has 0 spiro atoms. The molecule has 0 aromatic heterocycles. The van der Waals surface area contributed by atoms with Crippen molar-refractivity contribution in [3.05, 3.63) is 44.5 Å². The van der Waals surface area contributed by atoms with Gasteiger partial charge in [0.1, 0.15) is 11.4 Å². The molecule has 2 aromatic carbocycles. The minimum atomic E-state index is -0.453. The molecule has 8 heteroatoms. The summed E-state index contributed by atoms with van der Waals surface area (Å²) in [6.07, 6.45) is 0. The molecular formula is C14H16N4O4. The quantitative estimate of drug-likeness (QED) is 0.637. The average molecular weight is 304 g/mol. The van der Waals surface area contributed by atoms with Crippen molar-refractivity contribution >= 4 is 33.5 Å². The molecule has 22 heavy (non-hydrogen) atoms. The van der Waals surface area contributed by atoms with Gasteiger partial charge in [0.05, 0.1) is 9.85 Å². The van der Waals surface area contributed by atoms with Crippen molar-refractivity contribution in [2.24, 2.45) is 0 Å². The minimum Gasteiger partial charge on any atom is -0.372 e. The SMILES string of the molecule is CN(C)c1c([N+](=O)[O-])ccc2c(N(C)C)c([N+](=O)[O-])ccc12. The summed E-state index contributed by atoms with van der Waals surface area (Å²) in [5.41, 5.74) is 0.799. The highest BCUT2D eigenvalue weighted by molar-refractivity contribution is 6.07. The van der Waals surface area contributed by atoms with E-state index in [0.29, 0.717) is 22.1 Å². The van der Waals surface area contributed by atoms with Crippen LogP contribution in [0.25, 0.3) is 10.8 Å². The van der Waals surface area contributed by atoms with Crippen LogP contribution in [0, 0.1) is 20.2 Å². The first-order valence-corrected chi connectivity index (χ1v) is 6.48.